The Morgan fingerprint density at radius 2 is 2.19 bits per heavy atom. The van der Waals surface area contributed by atoms with Crippen LogP contribution >= 0.6 is 0 Å². The van der Waals surface area contributed by atoms with E-state index in [4.69, 9.17) is 4.74 Å². The van der Waals surface area contributed by atoms with Crippen LogP contribution in [-0.4, -0.2) is 63.3 Å². The van der Waals surface area contributed by atoms with Gasteiger partial charge in [0.05, 0.1) is 6.04 Å². The number of ether oxygens (including phenoxy) is 1. The molecule has 1 fully saturated rings. The average molecular weight is 229 g/mol. The fourth-order valence-corrected chi connectivity index (χ4v) is 1.81. The number of piperazine rings is 1. The molecule has 1 amide bonds. The summed E-state index contributed by atoms with van der Waals surface area (Å²) in [7, 11) is 1.67. The molecule has 0 bridgehead atoms. The van der Waals surface area contributed by atoms with Gasteiger partial charge in [0.1, 0.15) is 0 Å². The van der Waals surface area contributed by atoms with E-state index in [0.717, 1.165) is 32.6 Å². The lowest BCUT2D eigenvalue weighted by Crippen LogP contribution is -2.52. The van der Waals surface area contributed by atoms with Crippen molar-refractivity contribution in [2.75, 3.05) is 46.4 Å². The number of methoxy groups -OCH3 is 1. The minimum Gasteiger partial charge on any atom is -0.385 e. The summed E-state index contributed by atoms with van der Waals surface area (Å²) in [6.45, 7) is 7.21. The van der Waals surface area contributed by atoms with Crippen LogP contribution in [0.4, 0.5) is 0 Å². The van der Waals surface area contributed by atoms with E-state index >= 15 is 0 Å². The molecule has 2 N–H and O–H groups in total. The predicted octanol–water partition coefficient (Wildman–Crippen LogP) is -0.567. The summed E-state index contributed by atoms with van der Waals surface area (Å²) in [6.07, 6.45) is 0.872. The van der Waals surface area contributed by atoms with Gasteiger partial charge in [0.2, 0.25) is 5.91 Å². The first-order chi connectivity index (χ1) is 7.75. The Balaban J connectivity index is 2.18. The maximum Gasteiger partial charge on any atom is 0.237 e. The van der Waals surface area contributed by atoms with Gasteiger partial charge >= 0.3 is 0 Å². The molecule has 94 valence electrons. The lowest BCUT2D eigenvalue weighted by molar-refractivity contribution is -0.126. The number of carbonyl (C=O) groups excluding carboxylic acids is 1. The summed E-state index contributed by atoms with van der Waals surface area (Å²) in [5.74, 6) is 0.123. The van der Waals surface area contributed by atoms with E-state index in [1.165, 1.54) is 0 Å². The number of nitrogens with one attached hydrogen (secondary N) is 2. The van der Waals surface area contributed by atoms with Crippen molar-refractivity contribution >= 4 is 5.91 Å². The molecule has 16 heavy (non-hydrogen) atoms. The van der Waals surface area contributed by atoms with Crippen LogP contribution in [0.25, 0.3) is 0 Å². The number of rotatable bonds is 6. The third-order valence-electron chi connectivity index (χ3n) is 2.90. The molecule has 1 heterocycles. The smallest absolute Gasteiger partial charge is 0.237 e. The first-order valence-corrected chi connectivity index (χ1v) is 5.97. The predicted molar refractivity (Wildman–Crippen MR) is 63.4 cm³/mol. The topological polar surface area (TPSA) is 53.6 Å². The van der Waals surface area contributed by atoms with E-state index in [1.54, 1.807) is 7.11 Å². The normalized spacial score (nSPS) is 19.4. The Morgan fingerprint density at radius 1 is 1.50 bits per heavy atom. The van der Waals surface area contributed by atoms with E-state index in [1.807, 2.05) is 6.92 Å². The Kier molecular flexibility index (Phi) is 6.37. The zero-order chi connectivity index (χ0) is 11.8. The maximum atomic E-state index is 11.8. The molecule has 0 aliphatic carbocycles. The van der Waals surface area contributed by atoms with Gasteiger partial charge in [-0.2, -0.15) is 0 Å². The highest BCUT2D eigenvalue weighted by molar-refractivity contribution is 5.81. The van der Waals surface area contributed by atoms with Crippen LogP contribution in [0.1, 0.15) is 13.3 Å². The van der Waals surface area contributed by atoms with Gasteiger partial charge in [-0.25, -0.2) is 0 Å². The molecule has 0 aromatic rings. The highest BCUT2D eigenvalue weighted by atomic mass is 16.5. The second kappa shape index (κ2) is 7.60. The fraction of sp³-hybridized carbons (Fsp3) is 0.909. The van der Waals surface area contributed by atoms with E-state index < -0.39 is 0 Å². The molecule has 0 saturated carbocycles. The zero-order valence-electron chi connectivity index (χ0n) is 10.3. The monoisotopic (exact) mass is 229 g/mol. The second-order valence-corrected chi connectivity index (χ2v) is 4.10. The molecular formula is C11H23N3O2. The van der Waals surface area contributed by atoms with E-state index in [-0.39, 0.29) is 11.9 Å². The van der Waals surface area contributed by atoms with Gasteiger partial charge in [0.25, 0.3) is 0 Å². The quantitative estimate of drug-likeness (QED) is 0.599. The second-order valence-electron chi connectivity index (χ2n) is 4.10. The third kappa shape index (κ3) is 4.47. The van der Waals surface area contributed by atoms with Gasteiger partial charge in [-0.15, -0.1) is 0 Å². The molecule has 1 aliphatic heterocycles. The molecule has 0 spiro atoms. The number of amides is 1. The van der Waals surface area contributed by atoms with Gasteiger partial charge in [0.15, 0.2) is 0 Å². The van der Waals surface area contributed by atoms with Crippen molar-refractivity contribution in [1.29, 1.82) is 0 Å². The van der Waals surface area contributed by atoms with Crippen molar-refractivity contribution in [2.45, 2.75) is 19.4 Å². The molecule has 0 unspecified atom stereocenters. The summed E-state index contributed by atoms with van der Waals surface area (Å²) >= 11 is 0. The van der Waals surface area contributed by atoms with Crippen molar-refractivity contribution < 1.29 is 9.53 Å². The first-order valence-electron chi connectivity index (χ1n) is 5.97. The number of carbonyl (C=O) groups is 1. The standard InChI is InChI=1S/C11H23N3O2/c1-10(14-7-5-12-6-8-14)11(15)13-4-3-9-16-2/h10,12H,3-9H2,1-2H3,(H,13,15)/t10-/m0/s1. The van der Waals surface area contributed by atoms with Crippen LogP contribution in [0.15, 0.2) is 0 Å². The zero-order valence-corrected chi connectivity index (χ0v) is 10.3. The molecule has 1 aliphatic rings. The van der Waals surface area contributed by atoms with Crippen molar-refractivity contribution in [3.05, 3.63) is 0 Å². The Bertz CT molecular complexity index is 205. The highest BCUT2D eigenvalue weighted by Crippen LogP contribution is 2.00. The van der Waals surface area contributed by atoms with Gasteiger partial charge in [0, 0.05) is 46.4 Å². The summed E-state index contributed by atoms with van der Waals surface area (Å²) in [5.41, 5.74) is 0. The van der Waals surface area contributed by atoms with Crippen LogP contribution in [0.3, 0.4) is 0 Å². The third-order valence-corrected chi connectivity index (χ3v) is 2.90. The van der Waals surface area contributed by atoms with E-state index in [0.29, 0.717) is 13.2 Å². The van der Waals surface area contributed by atoms with Crippen LogP contribution in [0, 0.1) is 0 Å². The van der Waals surface area contributed by atoms with Crippen molar-refractivity contribution in [3.8, 4) is 0 Å². The van der Waals surface area contributed by atoms with Gasteiger partial charge < -0.3 is 15.4 Å². The fourth-order valence-electron chi connectivity index (χ4n) is 1.81. The van der Waals surface area contributed by atoms with E-state index in [9.17, 15) is 4.79 Å². The summed E-state index contributed by atoms with van der Waals surface area (Å²) < 4.78 is 4.93. The molecule has 1 saturated heterocycles. The lowest BCUT2D eigenvalue weighted by Gasteiger charge is -2.31. The highest BCUT2D eigenvalue weighted by Gasteiger charge is 2.21. The first kappa shape index (κ1) is 13.4. The molecule has 0 aromatic heterocycles. The van der Waals surface area contributed by atoms with Crippen molar-refractivity contribution in [1.82, 2.24) is 15.5 Å². The maximum absolute atomic E-state index is 11.8. The van der Waals surface area contributed by atoms with Crippen LogP contribution in [0.5, 0.6) is 0 Å². The SMILES string of the molecule is COCCCNC(=O)[C@H](C)N1CCNCC1. The Morgan fingerprint density at radius 3 is 2.81 bits per heavy atom. The van der Waals surface area contributed by atoms with Crippen LogP contribution in [-0.2, 0) is 9.53 Å². The minimum absolute atomic E-state index is 0.0235. The molecule has 0 radical (unpaired) electrons. The molecule has 1 rings (SSSR count). The van der Waals surface area contributed by atoms with E-state index in [2.05, 4.69) is 15.5 Å². The summed E-state index contributed by atoms with van der Waals surface area (Å²) in [6, 6.07) is -0.0235. The largest absolute Gasteiger partial charge is 0.385 e. The summed E-state index contributed by atoms with van der Waals surface area (Å²) in [4.78, 5) is 14.0. The summed E-state index contributed by atoms with van der Waals surface area (Å²) in [5, 5.41) is 6.21. The van der Waals surface area contributed by atoms with Gasteiger partial charge in [-0.3, -0.25) is 9.69 Å². The molecule has 5 nitrogen and oxygen atoms in total. The number of nitrogens with zero attached hydrogens (tertiary/aromatic N) is 1. The van der Waals surface area contributed by atoms with Crippen molar-refractivity contribution in [3.63, 3.8) is 0 Å². The molecule has 5 heteroatoms. The Labute approximate surface area is 97.5 Å². The molecule has 0 aromatic carbocycles. The average Bonchev–Trinajstić information content (AvgIpc) is 2.34. The number of hydrogen-bond donors (Lipinski definition) is 2. The van der Waals surface area contributed by atoms with Crippen LogP contribution < -0.4 is 10.6 Å². The van der Waals surface area contributed by atoms with Gasteiger partial charge in [-0.1, -0.05) is 0 Å². The molecule has 1 atom stereocenters. The van der Waals surface area contributed by atoms with Gasteiger partial charge in [-0.05, 0) is 13.3 Å². The Hall–Kier alpha value is -0.650. The minimum atomic E-state index is -0.0235. The molecular weight excluding hydrogens is 206 g/mol. The van der Waals surface area contributed by atoms with Crippen molar-refractivity contribution in [2.24, 2.45) is 0 Å². The van der Waals surface area contributed by atoms with Crippen LogP contribution in [0.2, 0.25) is 0 Å². The number of hydrogen-bond acceptors (Lipinski definition) is 4. The lowest BCUT2D eigenvalue weighted by atomic mass is 10.2.